The lowest BCUT2D eigenvalue weighted by Crippen LogP contribution is -2.16. The van der Waals surface area contributed by atoms with Gasteiger partial charge >= 0.3 is 5.97 Å². The lowest BCUT2D eigenvalue weighted by Gasteiger charge is -2.11. The van der Waals surface area contributed by atoms with E-state index in [-0.39, 0.29) is 34.4 Å². The van der Waals surface area contributed by atoms with Gasteiger partial charge in [0.05, 0.1) is 43.4 Å². The van der Waals surface area contributed by atoms with Gasteiger partial charge in [-0.3, -0.25) is 9.59 Å². The molecule has 0 aliphatic carbocycles. The Labute approximate surface area is 212 Å². The topological polar surface area (TPSA) is 103 Å². The third-order valence-corrected chi connectivity index (χ3v) is 6.48. The Bertz CT molecular complexity index is 1240. The predicted octanol–water partition coefficient (Wildman–Crippen LogP) is 5.34. The highest BCUT2D eigenvalue weighted by Gasteiger charge is 2.27. The van der Waals surface area contributed by atoms with Gasteiger partial charge in [0.1, 0.15) is 16.5 Å². The largest absolute Gasteiger partial charge is 0.497 e. The van der Waals surface area contributed by atoms with E-state index in [1.807, 2.05) is 0 Å². The number of rotatable bonds is 9. The summed E-state index contributed by atoms with van der Waals surface area (Å²) in [4.78, 5) is 38.8. The standard InChI is InChI=1S/C25H25ClN2O6S/c1-5-34-25(31)21-14(2)22(23(30)27-18-13-17(32-3)10-11-19(18)33-4)35-24(21)28-20(29)12-15-6-8-16(26)9-7-15/h6-11,13H,5,12H2,1-4H3,(H,27,30)(H,28,29). The smallest absolute Gasteiger partial charge is 0.341 e. The Morgan fingerprint density at radius 3 is 2.34 bits per heavy atom. The number of ether oxygens (including phenoxy) is 3. The number of carbonyl (C=O) groups excluding carboxylic acids is 3. The number of anilines is 2. The van der Waals surface area contributed by atoms with Crippen LogP contribution in [0.3, 0.4) is 0 Å². The molecule has 0 aliphatic rings. The summed E-state index contributed by atoms with van der Waals surface area (Å²) in [6.45, 7) is 3.46. The van der Waals surface area contributed by atoms with E-state index < -0.39 is 11.9 Å². The molecule has 184 valence electrons. The minimum atomic E-state index is -0.624. The third-order valence-electron chi connectivity index (χ3n) is 5.02. The van der Waals surface area contributed by atoms with Crippen molar-refractivity contribution >= 4 is 51.4 Å². The van der Waals surface area contributed by atoms with Crippen LogP contribution in [0, 0.1) is 6.92 Å². The third kappa shape index (κ3) is 6.32. The molecule has 1 heterocycles. The van der Waals surface area contributed by atoms with Gasteiger partial charge in [-0.1, -0.05) is 23.7 Å². The average Bonchev–Trinajstić information content (AvgIpc) is 3.16. The maximum absolute atomic E-state index is 13.2. The zero-order valence-corrected chi connectivity index (χ0v) is 21.3. The van der Waals surface area contributed by atoms with E-state index in [2.05, 4.69) is 10.6 Å². The Balaban J connectivity index is 1.90. The number of carbonyl (C=O) groups is 3. The molecule has 2 aromatic carbocycles. The number of hydrogen-bond acceptors (Lipinski definition) is 7. The molecule has 35 heavy (non-hydrogen) atoms. The van der Waals surface area contributed by atoms with Crippen LogP contribution in [0.15, 0.2) is 42.5 Å². The minimum Gasteiger partial charge on any atom is -0.497 e. The second-order valence-corrected chi connectivity index (χ2v) is 8.81. The molecule has 10 heteroatoms. The van der Waals surface area contributed by atoms with Crippen LogP contribution < -0.4 is 20.1 Å². The van der Waals surface area contributed by atoms with Crippen molar-refractivity contribution in [2.45, 2.75) is 20.3 Å². The number of amides is 2. The molecule has 0 saturated carbocycles. The van der Waals surface area contributed by atoms with Gasteiger partial charge in [0, 0.05) is 11.1 Å². The van der Waals surface area contributed by atoms with Crippen molar-refractivity contribution < 1.29 is 28.6 Å². The lowest BCUT2D eigenvalue weighted by atomic mass is 10.1. The molecule has 0 bridgehead atoms. The van der Waals surface area contributed by atoms with Gasteiger partial charge in [0.15, 0.2) is 0 Å². The molecule has 8 nitrogen and oxygen atoms in total. The number of nitrogens with one attached hydrogen (secondary N) is 2. The van der Waals surface area contributed by atoms with Gasteiger partial charge in [-0.05, 0) is 49.2 Å². The van der Waals surface area contributed by atoms with Gasteiger partial charge in [-0.25, -0.2) is 4.79 Å². The van der Waals surface area contributed by atoms with Crippen molar-refractivity contribution in [2.24, 2.45) is 0 Å². The van der Waals surface area contributed by atoms with Crippen LogP contribution in [-0.2, 0) is 16.0 Å². The summed E-state index contributed by atoms with van der Waals surface area (Å²) >= 11 is 6.90. The molecular formula is C25H25ClN2O6S. The van der Waals surface area contributed by atoms with Crippen LogP contribution >= 0.6 is 22.9 Å². The van der Waals surface area contributed by atoms with Crippen LogP contribution in [0.5, 0.6) is 11.5 Å². The van der Waals surface area contributed by atoms with E-state index in [1.165, 1.54) is 14.2 Å². The van der Waals surface area contributed by atoms with Crippen LogP contribution in [0.1, 0.15) is 38.1 Å². The molecule has 1 aromatic heterocycles. The molecule has 3 aromatic rings. The molecule has 0 spiro atoms. The molecule has 2 N–H and O–H groups in total. The maximum Gasteiger partial charge on any atom is 0.341 e. The molecule has 3 rings (SSSR count). The number of methoxy groups -OCH3 is 2. The van der Waals surface area contributed by atoms with Gasteiger partial charge in [0.2, 0.25) is 5.91 Å². The Kier molecular flexibility index (Phi) is 8.73. The first-order valence-electron chi connectivity index (χ1n) is 10.7. The SMILES string of the molecule is CCOC(=O)c1c(NC(=O)Cc2ccc(Cl)cc2)sc(C(=O)Nc2cc(OC)ccc2OC)c1C. The maximum atomic E-state index is 13.2. The van der Waals surface area contributed by atoms with Gasteiger partial charge < -0.3 is 24.8 Å². The van der Waals surface area contributed by atoms with Crippen molar-refractivity contribution in [3.8, 4) is 11.5 Å². The lowest BCUT2D eigenvalue weighted by molar-refractivity contribution is -0.115. The number of esters is 1. The van der Waals surface area contributed by atoms with E-state index in [9.17, 15) is 14.4 Å². The monoisotopic (exact) mass is 516 g/mol. The molecule has 0 unspecified atom stereocenters. The first-order chi connectivity index (χ1) is 16.8. The Hall–Kier alpha value is -3.56. The van der Waals surface area contributed by atoms with Crippen LogP contribution in [-0.4, -0.2) is 38.6 Å². The number of halogens is 1. The zero-order valence-electron chi connectivity index (χ0n) is 19.7. The Morgan fingerprint density at radius 1 is 1.00 bits per heavy atom. The first-order valence-corrected chi connectivity index (χ1v) is 11.8. The second kappa shape index (κ2) is 11.7. The minimum absolute atomic E-state index is 0.0684. The van der Waals surface area contributed by atoms with Gasteiger partial charge in [0.25, 0.3) is 5.91 Å². The normalized spacial score (nSPS) is 10.4. The molecule has 0 aliphatic heterocycles. The summed E-state index contributed by atoms with van der Waals surface area (Å²) in [5.74, 6) is -0.466. The summed E-state index contributed by atoms with van der Waals surface area (Å²) < 4.78 is 15.7. The molecule has 0 saturated heterocycles. The second-order valence-electron chi connectivity index (χ2n) is 7.35. The van der Waals surface area contributed by atoms with E-state index in [4.69, 9.17) is 25.8 Å². The molecule has 2 amide bonds. The van der Waals surface area contributed by atoms with Crippen LogP contribution in [0.2, 0.25) is 5.02 Å². The molecule has 0 fully saturated rings. The number of hydrogen-bond donors (Lipinski definition) is 2. The van der Waals surface area contributed by atoms with Crippen molar-refractivity contribution in [3.63, 3.8) is 0 Å². The summed E-state index contributed by atoms with van der Waals surface area (Å²) in [7, 11) is 3.00. The number of benzene rings is 2. The quantitative estimate of drug-likeness (QED) is 0.372. The van der Waals surface area contributed by atoms with E-state index in [1.54, 1.807) is 56.3 Å². The average molecular weight is 517 g/mol. The van der Waals surface area contributed by atoms with Crippen molar-refractivity contribution in [3.05, 3.63) is 69.1 Å². The van der Waals surface area contributed by atoms with Crippen molar-refractivity contribution in [1.82, 2.24) is 0 Å². The summed E-state index contributed by atoms with van der Waals surface area (Å²) in [6.07, 6.45) is 0.0684. The summed E-state index contributed by atoms with van der Waals surface area (Å²) in [6, 6.07) is 11.9. The Morgan fingerprint density at radius 2 is 1.71 bits per heavy atom. The van der Waals surface area contributed by atoms with Crippen molar-refractivity contribution in [1.29, 1.82) is 0 Å². The fourth-order valence-corrected chi connectivity index (χ4v) is 4.55. The van der Waals surface area contributed by atoms with Crippen LogP contribution in [0.4, 0.5) is 10.7 Å². The summed E-state index contributed by atoms with van der Waals surface area (Å²) in [5.41, 5.74) is 1.69. The van der Waals surface area contributed by atoms with E-state index >= 15 is 0 Å². The van der Waals surface area contributed by atoms with E-state index in [0.717, 1.165) is 16.9 Å². The first kappa shape index (κ1) is 26.1. The highest BCUT2D eigenvalue weighted by molar-refractivity contribution is 7.19. The van der Waals surface area contributed by atoms with E-state index in [0.29, 0.717) is 27.8 Å². The molecular weight excluding hydrogens is 492 g/mol. The fourth-order valence-electron chi connectivity index (χ4n) is 3.32. The fraction of sp³-hybridized carbons (Fsp3) is 0.240. The molecule has 0 atom stereocenters. The van der Waals surface area contributed by atoms with Crippen molar-refractivity contribution in [2.75, 3.05) is 31.5 Å². The number of thiophene rings is 1. The highest BCUT2D eigenvalue weighted by atomic mass is 35.5. The van der Waals surface area contributed by atoms with Crippen LogP contribution in [0.25, 0.3) is 0 Å². The van der Waals surface area contributed by atoms with Gasteiger partial charge in [-0.2, -0.15) is 0 Å². The highest BCUT2D eigenvalue weighted by Crippen LogP contribution is 2.36. The molecule has 0 radical (unpaired) electrons. The predicted molar refractivity (Wildman–Crippen MR) is 136 cm³/mol. The zero-order chi connectivity index (χ0) is 25.5. The van der Waals surface area contributed by atoms with Gasteiger partial charge in [-0.15, -0.1) is 11.3 Å². The summed E-state index contributed by atoms with van der Waals surface area (Å²) in [5, 5.41) is 6.35.